The molecule has 0 aromatic heterocycles. The fourth-order valence-electron chi connectivity index (χ4n) is 2.48. The highest BCUT2D eigenvalue weighted by Crippen LogP contribution is 2.28. The molecule has 0 saturated heterocycles. The molecule has 0 heterocycles. The summed E-state index contributed by atoms with van der Waals surface area (Å²) in [5.41, 5.74) is 2.11. The number of carbonyl (C=O) groups is 2. The number of benzene rings is 2. The van der Waals surface area contributed by atoms with E-state index < -0.39 is 5.54 Å². The average molecular weight is 394 g/mol. The van der Waals surface area contributed by atoms with E-state index in [1.54, 1.807) is 37.4 Å². The Bertz CT molecular complexity index is 851. The third-order valence-electron chi connectivity index (χ3n) is 4.03. The van der Waals surface area contributed by atoms with Gasteiger partial charge in [0.2, 0.25) is 0 Å². The van der Waals surface area contributed by atoms with Crippen molar-refractivity contribution in [3.8, 4) is 0 Å². The number of amides is 3. The van der Waals surface area contributed by atoms with Gasteiger partial charge in [-0.2, -0.15) is 0 Å². The summed E-state index contributed by atoms with van der Waals surface area (Å²) in [5, 5.41) is 9.18. The van der Waals surface area contributed by atoms with Gasteiger partial charge in [0.05, 0.1) is 15.6 Å². The van der Waals surface area contributed by atoms with Crippen LogP contribution in [0.4, 0.5) is 10.5 Å². The van der Waals surface area contributed by atoms with Crippen molar-refractivity contribution >= 4 is 40.8 Å². The Labute approximate surface area is 163 Å². The Morgan fingerprint density at radius 3 is 2.27 bits per heavy atom. The highest BCUT2D eigenvalue weighted by atomic mass is 35.5. The van der Waals surface area contributed by atoms with Crippen molar-refractivity contribution in [1.29, 1.82) is 0 Å². The summed E-state index contributed by atoms with van der Waals surface area (Å²) in [4.78, 5) is 24.1. The molecule has 3 N–H and O–H groups in total. The lowest BCUT2D eigenvalue weighted by atomic mass is 9.94. The first-order valence-electron chi connectivity index (χ1n) is 8.01. The maximum Gasteiger partial charge on any atom is 0.319 e. The number of halogens is 2. The molecule has 0 spiro atoms. The number of nitrogens with one attached hydrogen (secondary N) is 3. The molecule has 2 aromatic rings. The Balaban J connectivity index is 2.12. The van der Waals surface area contributed by atoms with Gasteiger partial charge in [0.1, 0.15) is 0 Å². The van der Waals surface area contributed by atoms with Crippen molar-refractivity contribution in [2.24, 2.45) is 0 Å². The largest absolute Gasteiger partial charge is 0.355 e. The van der Waals surface area contributed by atoms with Crippen LogP contribution in [0, 0.1) is 6.92 Å². The van der Waals surface area contributed by atoms with Crippen LogP contribution in [-0.4, -0.2) is 19.0 Å². The molecule has 0 bridgehead atoms. The Morgan fingerprint density at radius 2 is 1.69 bits per heavy atom. The first-order chi connectivity index (χ1) is 12.1. The number of carbonyl (C=O) groups excluding carboxylic acids is 2. The maximum atomic E-state index is 12.4. The number of hydrogen-bond donors (Lipinski definition) is 3. The molecule has 2 aromatic carbocycles. The summed E-state index contributed by atoms with van der Waals surface area (Å²) in [7, 11) is 1.57. The predicted molar refractivity (Wildman–Crippen MR) is 106 cm³/mol. The van der Waals surface area contributed by atoms with Gasteiger partial charge < -0.3 is 16.0 Å². The van der Waals surface area contributed by atoms with Crippen molar-refractivity contribution in [2.45, 2.75) is 26.3 Å². The monoisotopic (exact) mass is 393 g/mol. The quantitative estimate of drug-likeness (QED) is 0.703. The van der Waals surface area contributed by atoms with Gasteiger partial charge in [-0.15, -0.1) is 0 Å². The number of hydrogen-bond acceptors (Lipinski definition) is 2. The molecule has 0 fully saturated rings. The van der Waals surface area contributed by atoms with E-state index in [9.17, 15) is 9.59 Å². The van der Waals surface area contributed by atoms with E-state index in [1.165, 1.54) is 0 Å². The second-order valence-corrected chi connectivity index (χ2v) is 7.26. The molecular weight excluding hydrogens is 373 g/mol. The number of urea groups is 1. The van der Waals surface area contributed by atoms with Crippen LogP contribution in [0.1, 0.15) is 35.3 Å². The molecule has 0 saturated carbocycles. The lowest BCUT2D eigenvalue weighted by molar-refractivity contribution is 0.0963. The highest BCUT2D eigenvalue weighted by molar-refractivity contribution is 6.42. The SMILES string of the molecule is CNC(=O)c1ccc(NC(=O)NC(C)(C)c2ccc(Cl)c(Cl)c2)c(C)c1. The van der Waals surface area contributed by atoms with Crippen LogP contribution in [0.2, 0.25) is 10.0 Å². The van der Waals surface area contributed by atoms with E-state index in [2.05, 4.69) is 16.0 Å². The lowest BCUT2D eigenvalue weighted by Gasteiger charge is -2.27. The number of aryl methyl sites for hydroxylation is 1. The zero-order valence-corrected chi connectivity index (χ0v) is 16.5. The van der Waals surface area contributed by atoms with E-state index in [0.717, 1.165) is 11.1 Å². The minimum atomic E-state index is -0.658. The van der Waals surface area contributed by atoms with Crippen molar-refractivity contribution < 1.29 is 9.59 Å². The summed E-state index contributed by atoms with van der Waals surface area (Å²) in [6.07, 6.45) is 0. The zero-order valence-electron chi connectivity index (χ0n) is 15.0. The van der Waals surface area contributed by atoms with Crippen LogP contribution >= 0.6 is 23.2 Å². The van der Waals surface area contributed by atoms with Crippen molar-refractivity contribution in [3.63, 3.8) is 0 Å². The van der Waals surface area contributed by atoms with Gasteiger partial charge in [-0.3, -0.25) is 4.79 Å². The van der Waals surface area contributed by atoms with Gasteiger partial charge in [-0.05, 0) is 62.2 Å². The molecular formula is C19H21Cl2N3O2. The summed E-state index contributed by atoms with van der Waals surface area (Å²) in [6, 6.07) is 9.96. The first-order valence-corrected chi connectivity index (χ1v) is 8.77. The Kier molecular flexibility index (Phi) is 6.16. The minimum Gasteiger partial charge on any atom is -0.355 e. The molecule has 2 rings (SSSR count). The van der Waals surface area contributed by atoms with E-state index in [0.29, 0.717) is 21.3 Å². The molecule has 0 aliphatic rings. The predicted octanol–water partition coefficient (Wildman–Crippen LogP) is 4.72. The topological polar surface area (TPSA) is 70.2 Å². The zero-order chi connectivity index (χ0) is 19.5. The third-order valence-corrected chi connectivity index (χ3v) is 4.77. The van der Waals surface area contributed by atoms with E-state index >= 15 is 0 Å². The molecule has 5 nitrogen and oxygen atoms in total. The van der Waals surface area contributed by atoms with E-state index in [1.807, 2.05) is 26.8 Å². The van der Waals surface area contributed by atoms with E-state index in [4.69, 9.17) is 23.2 Å². The Morgan fingerprint density at radius 1 is 1.00 bits per heavy atom. The van der Waals surface area contributed by atoms with Crippen molar-refractivity contribution in [2.75, 3.05) is 12.4 Å². The van der Waals surface area contributed by atoms with Crippen LogP contribution in [0.3, 0.4) is 0 Å². The molecule has 0 aliphatic carbocycles. The van der Waals surface area contributed by atoms with Gasteiger partial charge in [-0.25, -0.2) is 4.79 Å². The average Bonchev–Trinajstić information content (AvgIpc) is 2.57. The molecule has 7 heteroatoms. The van der Waals surface area contributed by atoms with Crippen molar-refractivity contribution in [1.82, 2.24) is 10.6 Å². The van der Waals surface area contributed by atoms with Gasteiger partial charge in [0.25, 0.3) is 5.91 Å². The molecule has 0 atom stereocenters. The summed E-state index contributed by atoms with van der Waals surface area (Å²) >= 11 is 12.0. The van der Waals surface area contributed by atoms with Gasteiger partial charge in [-0.1, -0.05) is 29.3 Å². The van der Waals surface area contributed by atoms with Crippen LogP contribution in [-0.2, 0) is 5.54 Å². The van der Waals surface area contributed by atoms with Crippen LogP contribution < -0.4 is 16.0 Å². The summed E-state index contributed by atoms with van der Waals surface area (Å²) < 4.78 is 0. The standard InChI is InChI=1S/C19H21Cl2N3O2/c1-11-9-12(17(25)22-4)5-8-16(11)23-18(26)24-19(2,3)13-6-7-14(20)15(21)10-13/h5-10H,1-4H3,(H,22,25)(H2,23,24,26). The van der Waals surface area contributed by atoms with Gasteiger partial charge >= 0.3 is 6.03 Å². The molecule has 138 valence electrons. The smallest absolute Gasteiger partial charge is 0.319 e. The third kappa shape index (κ3) is 4.68. The lowest BCUT2D eigenvalue weighted by Crippen LogP contribution is -2.43. The van der Waals surface area contributed by atoms with Gasteiger partial charge in [0.15, 0.2) is 0 Å². The highest BCUT2D eigenvalue weighted by Gasteiger charge is 2.24. The summed E-state index contributed by atoms with van der Waals surface area (Å²) in [6.45, 7) is 5.56. The Hall–Kier alpha value is -2.24. The molecule has 0 radical (unpaired) electrons. The first kappa shape index (κ1) is 20.1. The number of rotatable bonds is 4. The minimum absolute atomic E-state index is 0.176. The maximum absolute atomic E-state index is 12.4. The van der Waals surface area contributed by atoms with Crippen molar-refractivity contribution in [3.05, 3.63) is 63.1 Å². The van der Waals surface area contributed by atoms with Crippen LogP contribution in [0.15, 0.2) is 36.4 Å². The van der Waals surface area contributed by atoms with Crippen LogP contribution in [0.5, 0.6) is 0 Å². The number of anilines is 1. The molecule has 3 amide bonds. The second kappa shape index (κ2) is 7.98. The van der Waals surface area contributed by atoms with Gasteiger partial charge in [0, 0.05) is 18.3 Å². The molecule has 0 aliphatic heterocycles. The molecule has 26 heavy (non-hydrogen) atoms. The second-order valence-electron chi connectivity index (χ2n) is 6.44. The van der Waals surface area contributed by atoms with Crippen LogP contribution in [0.25, 0.3) is 0 Å². The summed E-state index contributed by atoms with van der Waals surface area (Å²) in [5.74, 6) is -0.176. The van der Waals surface area contributed by atoms with E-state index in [-0.39, 0.29) is 11.9 Å². The fourth-order valence-corrected chi connectivity index (χ4v) is 2.78. The fraction of sp³-hybridized carbons (Fsp3) is 0.263. The normalized spacial score (nSPS) is 11.0. The molecule has 0 unspecified atom stereocenters.